The van der Waals surface area contributed by atoms with Crippen LogP contribution < -0.4 is 5.32 Å². The lowest BCUT2D eigenvalue weighted by atomic mass is 10.1. The summed E-state index contributed by atoms with van der Waals surface area (Å²) in [5, 5.41) is 3.28. The number of hydrogen-bond acceptors (Lipinski definition) is 5. The Labute approximate surface area is 171 Å². The van der Waals surface area contributed by atoms with Crippen LogP contribution in [0.2, 0.25) is 0 Å². The van der Waals surface area contributed by atoms with Crippen LogP contribution in [-0.4, -0.2) is 49.5 Å². The molecule has 0 bridgehead atoms. The molecule has 1 N–H and O–H groups in total. The molecule has 4 rings (SSSR count). The van der Waals surface area contributed by atoms with Crippen LogP contribution in [0.1, 0.15) is 43.5 Å². The van der Waals surface area contributed by atoms with Crippen LogP contribution in [0.4, 0.5) is 5.82 Å². The number of piperidine rings is 1. The zero-order chi connectivity index (χ0) is 20.4. The Morgan fingerprint density at radius 2 is 1.86 bits per heavy atom. The van der Waals surface area contributed by atoms with Gasteiger partial charge in [0.05, 0.1) is 23.3 Å². The van der Waals surface area contributed by atoms with Crippen molar-refractivity contribution in [2.24, 2.45) is 0 Å². The van der Waals surface area contributed by atoms with Crippen molar-refractivity contribution >= 4 is 22.8 Å². The zero-order valence-corrected chi connectivity index (χ0v) is 17.4. The van der Waals surface area contributed by atoms with Gasteiger partial charge in [-0.3, -0.25) is 4.79 Å². The molecule has 1 aliphatic heterocycles. The van der Waals surface area contributed by atoms with Gasteiger partial charge in [0.25, 0.3) is 0 Å². The van der Waals surface area contributed by atoms with E-state index < -0.39 is 0 Å². The average Bonchev–Trinajstić information content (AvgIpc) is 3.03. The van der Waals surface area contributed by atoms with Gasteiger partial charge >= 0.3 is 0 Å². The largest absolute Gasteiger partial charge is 0.359 e. The summed E-state index contributed by atoms with van der Waals surface area (Å²) in [6.45, 7) is 8.11. The fourth-order valence-corrected chi connectivity index (χ4v) is 4.01. The van der Waals surface area contributed by atoms with Crippen LogP contribution in [0.25, 0.3) is 11.0 Å². The maximum atomic E-state index is 12.7. The van der Waals surface area contributed by atoms with Crippen molar-refractivity contribution in [2.75, 3.05) is 18.4 Å². The number of imidazole rings is 1. The Bertz CT molecular complexity index is 1020. The van der Waals surface area contributed by atoms with Crippen molar-refractivity contribution < 1.29 is 4.79 Å². The number of hydrogen-bond donors (Lipinski definition) is 1. The SMILES string of the molecule is Cc1nc(Cn2c(C)nc3ccccc32)cc(N[C@@H](C)C(=O)N2CCCCC2)n1. The van der Waals surface area contributed by atoms with Gasteiger partial charge in [0, 0.05) is 19.2 Å². The molecule has 1 atom stereocenters. The monoisotopic (exact) mass is 392 g/mol. The van der Waals surface area contributed by atoms with Gasteiger partial charge in [-0.15, -0.1) is 0 Å². The first-order chi connectivity index (χ1) is 14.0. The second-order valence-electron chi connectivity index (χ2n) is 7.78. The van der Waals surface area contributed by atoms with E-state index in [0.29, 0.717) is 18.2 Å². The zero-order valence-electron chi connectivity index (χ0n) is 17.4. The number of para-hydroxylation sites is 2. The highest BCUT2D eigenvalue weighted by Crippen LogP contribution is 2.18. The molecular weight excluding hydrogens is 364 g/mol. The molecule has 0 unspecified atom stereocenters. The van der Waals surface area contributed by atoms with Gasteiger partial charge in [-0.05, 0) is 52.2 Å². The van der Waals surface area contributed by atoms with Gasteiger partial charge in [0.15, 0.2) is 0 Å². The van der Waals surface area contributed by atoms with Gasteiger partial charge in [0.2, 0.25) is 5.91 Å². The minimum absolute atomic E-state index is 0.138. The third-order valence-corrected chi connectivity index (χ3v) is 5.46. The predicted molar refractivity (Wildman–Crippen MR) is 114 cm³/mol. The number of anilines is 1. The molecule has 1 fully saturated rings. The molecular formula is C22H28N6O. The Morgan fingerprint density at radius 1 is 1.10 bits per heavy atom. The van der Waals surface area contributed by atoms with E-state index in [2.05, 4.69) is 30.9 Å². The first-order valence-electron chi connectivity index (χ1n) is 10.3. The van der Waals surface area contributed by atoms with Crippen molar-refractivity contribution in [3.63, 3.8) is 0 Å². The molecule has 29 heavy (non-hydrogen) atoms. The van der Waals surface area contributed by atoms with E-state index in [1.165, 1.54) is 6.42 Å². The Morgan fingerprint density at radius 3 is 2.66 bits per heavy atom. The summed E-state index contributed by atoms with van der Waals surface area (Å²) in [6, 6.07) is 9.72. The third-order valence-electron chi connectivity index (χ3n) is 5.46. The van der Waals surface area contributed by atoms with Crippen molar-refractivity contribution in [1.82, 2.24) is 24.4 Å². The molecule has 1 amide bonds. The van der Waals surface area contributed by atoms with Gasteiger partial charge < -0.3 is 14.8 Å². The summed E-state index contributed by atoms with van der Waals surface area (Å²) in [7, 11) is 0. The first-order valence-corrected chi connectivity index (χ1v) is 10.3. The Kier molecular flexibility index (Phi) is 5.47. The molecule has 0 aliphatic carbocycles. The number of likely N-dealkylation sites (tertiary alicyclic amines) is 1. The van der Waals surface area contributed by atoms with Crippen LogP contribution in [0.5, 0.6) is 0 Å². The number of nitrogens with zero attached hydrogens (tertiary/aromatic N) is 5. The number of nitrogens with one attached hydrogen (secondary N) is 1. The number of benzene rings is 1. The number of aromatic nitrogens is 4. The summed E-state index contributed by atoms with van der Waals surface area (Å²) >= 11 is 0. The Hall–Kier alpha value is -2.96. The summed E-state index contributed by atoms with van der Waals surface area (Å²) in [6.07, 6.45) is 3.39. The molecule has 152 valence electrons. The lowest BCUT2D eigenvalue weighted by Crippen LogP contribution is -2.44. The van der Waals surface area contributed by atoms with Crippen LogP contribution >= 0.6 is 0 Å². The lowest BCUT2D eigenvalue weighted by molar-refractivity contribution is -0.132. The summed E-state index contributed by atoms with van der Waals surface area (Å²) in [5.41, 5.74) is 2.96. The minimum atomic E-state index is -0.314. The number of carbonyl (C=O) groups excluding carboxylic acids is 1. The molecule has 0 radical (unpaired) electrons. The van der Waals surface area contributed by atoms with E-state index in [4.69, 9.17) is 0 Å². The fourth-order valence-electron chi connectivity index (χ4n) is 4.01. The molecule has 3 heterocycles. The van der Waals surface area contributed by atoms with Crippen molar-refractivity contribution in [3.05, 3.63) is 47.7 Å². The van der Waals surface area contributed by atoms with E-state index in [9.17, 15) is 4.79 Å². The molecule has 3 aromatic rings. The number of fused-ring (bicyclic) bond motifs is 1. The van der Waals surface area contributed by atoms with Gasteiger partial charge in [0.1, 0.15) is 23.5 Å². The van der Waals surface area contributed by atoms with Gasteiger partial charge in [-0.2, -0.15) is 0 Å². The minimum Gasteiger partial charge on any atom is -0.359 e. The second kappa shape index (κ2) is 8.19. The molecule has 0 spiro atoms. The smallest absolute Gasteiger partial charge is 0.244 e. The first kappa shape index (κ1) is 19.4. The molecule has 7 nitrogen and oxygen atoms in total. The van der Waals surface area contributed by atoms with E-state index in [0.717, 1.165) is 48.5 Å². The van der Waals surface area contributed by atoms with Crippen molar-refractivity contribution in [1.29, 1.82) is 0 Å². The molecule has 1 aliphatic rings. The number of aryl methyl sites for hydroxylation is 2. The van der Waals surface area contributed by atoms with E-state index in [1.54, 1.807) is 0 Å². The van der Waals surface area contributed by atoms with E-state index in [-0.39, 0.29) is 11.9 Å². The van der Waals surface area contributed by atoms with Gasteiger partial charge in [-0.1, -0.05) is 12.1 Å². The lowest BCUT2D eigenvalue weighted by Gasteiger charge is -2.29. The quantitative estimate of drug-likeness (QED) is 0.721. The van der Waals surface area contributed by atoms with Crippen LogP contribution in [0.3, 0.4) is 0 Å². The molecule has 2 aromatic heterocycles. The van der Waals surface area contributed by atoms with E-state index >= 15 is 0 Å². The maximum absolute atomic E-state index is 12.7. The highest BCUT2D eigenvalue weighted by Gasteiger charge is 2.22. The average molecular weight is 393 g/mol. The molecule has 1 aromatic carbocycles. The van der Waals surface area contributed by atoms with Crippen LogP contribution in [0, 0.1) is 13.8 Å². The molecule has 1 saturated heterocycles. The number of amides is 1. The normalized spacial score (nSPS) is 15.5. The second-order valence-corrected chi connectivity index (χ2v) is 7.78. The van der Waals surface area contributed by atoms with Crippen LogP contribution in [-0.2, 0) is 11.3 Å². The summed E-state index contributed by atoms with van der Waals surface area (Å²) < 4.78 is 2.16. The topological polar surface area (TPSA) is 75.9 Å². The van der Waals surface area contributed by atoms with Gasteiger partial charge in [-0.25, -0.2) is 15.0 Å². The molecule has 7 heteroatoms. The summed E-state index contributed by atoms with van der Waals surface area (Å²) in [5.74, 6) is 2.46. The van der Waals surface area contributed by atoms with E-state index in [1.807, 2.05) is 49.9 Å². The molecule has 0 saturated carbocycles. The highest BCUT2D eigenvalue weighted by atomic mass is 16.2. The number of rotatable bonds is 5. The number of carbonyl (C=O) groups is 1. The van der Waals surface area contributed by atoms with Crippen molar-refractivity contribution in [2.45, 2.75) is 52.6 Å². The maximum Gasteiger partial charge on any atom is 0.244 e. The predicted octanol–water partition coefficient (Wildman–Crippen LogP) is 3.30. The van der Waals surface area contributed by atoms with Crippen molar-refractivity contribution in [3.8, 4) is 0 Å². The standard InChI is InChI=1S/C22H28N6O/c1-15(22(29)27-11-7-4-8-12-27)23-21-13-18(24-16(2)25-21)14-28-17(3)26-19-9-5-6-10-20(19)28/h5-6,9-10,13,15H,4,7-8,11-12,14H2,1-3H3,(H,23,24,25)/t15-/m0/s1. The van der Waals surface area contributed by atoms with Crippen LogP contribution in [0.15, 0.2) is 30.3 Å². The third kappa shape index (κ3) is 4.23. The Balaban J connectivity index is 1.53. The summed E-state index contributed by atoms with van der Waals surface area (Å²) in [4.78, 5) is 28.4. The highest BCUT2D eigenvalue weighted by molar-refractivity contribution is 5.84. The fraction of sp³-hybridized carbons (Fsp3) is 0.455.